The Morgan fingerprint density at radius 2 is 2.42 bits per heavy atom. The molecule has 0 bridgehead atoms. The van der Waals surface area contributed by atoms with Gasteiger partial charge in [0.05, 0.1) is 10.3 Å². The average Bonchev–Trinajstić information content (AvgIpc) is 2.85. The van der Waals surface area contributed by atoms with Crippen molar-refractivity contribution in [3.8, 4) is 0 Å². The Balaban J connectivity index is 2.26. The second-order valence-electron chi connectivity index (χ2n) is 5.11. The summed E-state index contributed by atoms with van der Waals surface area (Å²) in [5.74, 6) is -0.757. The maximum Gasteiger partial charge on any atom is 0.330 e. The maximum atomic E-state index is 11.3. The van der Waals surface area contributed by atoms with Crippen LogP contribution in [0.5, 0.6) is 0 Å². The Labute approximate surface area is 109 Å². The van der Waals surface area contributed by atoms with E-state index < -0.39 is 16.3 Å². The lowest BCUT2D eigenvalue weighted by atomic mass is 9.85. The number of carbonyl (C=O) groups is 1. The van der Waals surface area contributed by atoms with Crippen LogP contribution < -0.4 is 5.32 Å². The van der Waals surface area contributed by atoms with Crippen LogP contribution in [0.3, 0.4) is 0 Å². The monoisotopic (exact) mass is 268 g/mol. The Morgan fingerprint density at radius 1 is 1.74 bits per heavy atom. The van der Waals surface area contributed by atoms with Gasteiger partial charge in [-0.15, -0.1) is 5.10 Å². The first kappa shape index (κ1) is 13.3. The van der Waals surface area contributed by atoms with E-state index in [4.69, 9.17) is 0 Å². The van der Waals surface area contributed by atoms with Crippen LogP contribution in [0.4, 0.5) is 11.5 Å². The van der Waals surface area contributed by atoms with E-state index in [0.29, 0.717) is 12.8 Å². The number of rotatable bonds is 4. The Morgan fingerprint density at radius 3 is 3.00 bits per heavy atom. The molecule has 19 heavy (non-hydrogen) atoms. The molecule has 104 valence electrons. The molecule has 0 radical (unpaired) electrons. The van der Waals surface area contributed by atoms with Crippen molar-refractivity contribution >= 4 is 17.5 Å². The zero-order chi connectivity index (χ0) is 14.2. The predicted octanol–water partition coefficient (Wildman–Crippen LogP) is 1.38. The quantitative estimate of drug-likeness (QED) is 0.630. The zero-order valence-electron chi connectivity index (χ0n) is 10.8. The number of nitrogens with zero attached hydrogens (tertiary/aromatic N) is 3. The Bertz CT molecular complexity index is 527. The summed E-state index contributed by atoms with van der Waals surface area (Å²) in [6.45, 7) is 1.66. The van der Waals surface area contributed by atoms with Crippen molar-refractivity contribution in [2.24, 2.45) is 12.5 Å². The van der Waals surface area contributed by atoms with E-state index in [1.165, 1.54) is 10.9 Å². The first-order valence-electron chi connectivity index (χ1n) is 6.02. The van der Waals surface area contributed by atoms with Crippen LogP contribution in [-0.4, -0.2) is 31.8 Å². The molecule has 2 N–H and O–H groups in total. The molecule has 1 aromatic rings. The molecule has 2 rings (SSSR count). The normalized spacial score (nSPS) is 26.3. The molecule has 1 heterocycles. The van der Waals surface area contributed by atoms with Crippen molar-refractivity contribution in [1.82, 2.24) is 9.78 Å². The van der Waals surface area contributed by atoms with E-state index in [1.807, 2.05) is 0 Å². The van der Waals surface area contributed by atoms with Gasteiger partial charge in [-0.25, -0.2) is 0 Å². The molecule has 1 aromatic heterocycles. The molecule has 1 aliphatic carbocycles. The summed E-state index contributed by atoms with van der Waals surface area (Å²) in [7, 11) is 1.59. The number of aromatic nitrogens is 2. The van der Waals surface area contributed by atoms with Gasteiger partial charge in [0.25, 0.3) is 0 Å². The van der Waals surface area contributed by atoms with Gasteiger partial charge in [0, 0.05) is 13.1 Å². The number of aliphatic carboxylic acids is 1. The van der Waals surface area contributed by atoms with E-state index in [2.05, 4.69) is 10.4 Å². The summed E-state index contributed by atoms with van der Waals surface area (Å²) in [6.07, 6.45) is 3.30. The van der Waals surface area contributed by atoms with E-state index in [9.17, 15) is 20.0 Å². The van der Waals surface area contributed by atoms with Crippen molar-refractivity contribution < 1.29 is 14.8 Å². The fraction of sp³-hybridized carbons (Fsp3) is 0.636. The minimum atomic E-state index is -0.911. The summed E-state index contributed by atoms with van der Waals surface area (Å²) in [6, 6.07) is -0.349. The molecule has 1 aliphatic rings. The van der Waals surface area contributed by atoms with E-state index in [0.717, 1.165) is 6.42 Å². The van der Waals surface area contributed by atoms with Crippen molar-refractivity contribution in [3.05, 3.63) is 16.3 Å². The SMILES string of the molecule is Cn1cc([N+](=O)[O-])c(NC2CCCC2(C)C(=O)O)n1. The molecular formula is C11H16N4O4. The Kier molecular flexibility index (Phi) is 3.17. The minimum absolute atomic E-state index is 0.131. The summed E-state index contributed by atoms with van der Waals surface area (Å²) in [5, 5.41) is 27.1. The summed E-state index contributed by atoms with van der Waals surface area (Å²) in [5.41, 5.74) is -1.05. The molecular weight excluding hydrogens is 252 g/mol. The fourth-order valence-corrected chi connectivity index (χ4v) is 2.53. The third-order valence-corrected chi connectivity index (χ3v) is 3.76. The van der Waals surface area contributed by atoms with E-state index in [-0.39, 0.29) is 17.5 Å². The first-order chi connectivity index (χ1) is 8.84. The highest BCUT2D eigenvalue weighted by Crippen LogP contribution is 2.40. The zero-order valence-corrected chi connectivity index (χ0v) is 10.8. The minimum Gasteiger partial charge on any atom is -0.481 e. The maximum absolute atomic E-state index is 11.3. The van der Waals surface area contributed by atoms with Crippen molar-refractivity contribution in [3.63, 3.8) is 0 Å². The molecule has 0 aromatic carbocycles. The standard InChI is InChI=1S/C11H16N4O4/c1-11(10(16)17)5-3-4-8(11)12-9-7(15(18)19)6-14(2)13-9/h6,8H,3-5H2,1-2H3,(H,12,13)(H,16,17). The third-order valence-electron chi connectivity index (χ3n) is 3.76. The average molecular weight is 268 g/mol. The topological polar surface area (TPSA) is 110 Å². The predicted molar refractivity (Wildman–Crippen MR) is 66.9 cm³/mol. The molecule has 1 fully saturated rings. The molecule has 8 heteroatoms. The number of nitro groups is 1. The van der Waals surface area contributed by atoms with Crippen LogP contribution in [0.15, 0.2) is 6.20 Å². The van der Waals surface area contributed by atoms with Crippen molar-refractivity contribution in [2.45, 2.75) is 32.2 Å². The van der Waals surface area contributed by atoms with Crippen molar-refractivity contribution in [1.29, 1.82) is 0 Å². The van der Waals surface area contributed by atoms with Gasteiger partial charge in [-0.3, -0.25) is 19.6 Å². The number of hydrogen-bond acceptors (Lipinski definition) is 5. The highest BCUT2D eigenvalue weighted by molar-refractivity contribution is 5.76. The largest absolute Gasteiger partial charge is 0.481 e. The molecule has 0 saturated heterocycles. The number of hydrogen-bond donors (Lipinski definition) is 2. The molecule has 2 unspecified atom stereocenters. The lowest BCUT2D eigenvalue weighted by Crippen LogP contribution is -2.40. The van der Waals surface area contributed by atoms with E-state index >= 15 is 0 Å². The molecule has 0 spiro atoms. The smallest absolute Gasteiger partial charge is 0.330 e. The number of carboxylic acids is 1. The van der Waals surface area contributed by atoms with Gasteiger partial charge >= 0.3 is 11.7 Å². The van der Waals surface area contributed by atoms with Crippen LogP contribution in [0, 0.1) is 15.5 Å². The van der Waals surface area contributed by atoms with Gasteiger partial charge in [-0.05, 0) is 19.8 Å². The number of carboxylic acid groups (broad SMARTS) is 1. The molecule has 2 atom stereocenters. The molecule has 0 amide bonds. The number of aryl methyl sites for hydroxylation is 1. The number of nitrogens with one attached hydrogen (secondary N) is 1. The lowest BCUT2D eigenvalue weighted by Gasteiger charge is -2.27. The van der Waals surface area contributed by atoms with Crippen LogP contribution in [0.2, 0.25) is 0 Å². The van der Waals surface area contributed by atoms with Crippen LogP contribution in [0.1, 0.15) is 26.2 Å². The van der Waals surface area contributed by atoms with Gasteiger partial charge in [-0.2, -0.15) is 0 Å². The second kappa shape index (κ2) is 4.52. The lowest BCUT2D eigenvalue weighted by molar-refractivity contribution is -0.384. The highest BCUT2D eigenvalue weighted by Gasteiger charge is 2.46. The van der Waals surface area contributed by atoms with Crippen LogP contribution in [0.25, 0.3) is 0 Å². The summed E-state index contributed by atoms with van der Waals surface area (Å²) >= 11 is 0. The van der Waals surface area contributed by atoms with Gasteiger partial charge in [0.1, 0.15) is 6.20 Å². The van der Waals surface area contributed by atoms with Gasteiger partial charge < -0.3 is 10.4 Å². The second-order valence-corrected chi connectivity index (χ2v) is 5.11. The molecule has 1 saturated carbocycles. The highest BCUT2D eigenvalue weighted by atomic mass is 16.6. The van der Waals surface area contributed by atoms with Crippen LogP contribution in [-0.2, 0) is 11.8 Å². The Hall–Kier alpha value is -2.12. The van der Waals surface area contributed by atoms with Crippen molar-refractivity contribution in [2.75, 3.05) is 5.32 Å². The van der Waals surface area contributed by atoms with Crippen LogP contribution >= 0.6 is 0 Å². The number of anilines is 1. The van der Waals surface area contributed by atoms with Gasteiger partial charge in [-0.1, -0.05) is 6.42 Å². The van der Waals surface area contributed by atoms with Gasteiger partial charge in [0.2, 0.25) is 5.82 Å². The fourth-order valence-electron chi connectivity index (χ4n) is 2.53. The van der Waals surface area contributed by atoms with E-state index in [1.54, 1.807) is 14.0 Å². The molecule has 8 nitrogen and oxygen atoms in total. The summed E-state index contributed by atoms with van der Waals surface area (Å²) in [4.78, 5) is 21.7. The molecule has 0 aliphatic heterocycles. The first-order valence-corrected chi connectivity index (χ1v) is 6.02. The summed E-state index contributed by atoms with van der Waals surface area (Å²) < 4.78 is 1.34. The van der Waals surface area contributed by atoms with Gasteiger partial charge in [0.15, 0.2) is 0 Å². The third kappa shape index (κ3) is 2.25.